The number of benzene rings is 1. The van der Waals surface area contributed by atoms with E-state index < -0.39 is 0 Å². The molecule has 1 aromatic carbocycles. The fourth-order valence-electron chi connectivity index (χ4n) is 3.11. The zero-order valence-electron chi connectivity index (χ0n) is 13.0. The molecule has 1 heteroatoms. The first-order valence-corrected chi connectivity index (χ1v) is 7.85. The summed E-state index contributed by atoms with van der Waals surface area (Å²) in [7, 11) is 0. The predicted octanol–water partition coefficient (Wildman–Crippen LogP) is 4.82. The molecule has 1 fully saturated rings. The first kappa shape index (κ1) is 14.6. The summed E-state index contributed by atoms with van der Waals surface area (Å²) in [6.45, 7) is 10.2. The first-order chi connectivity index (χ1) is 9.02. The molecule has 2 rings (SSSR count). The number of nitrogens with one attached hydrogen (secondary N) is 1. The van der Waals surface area contributed by atoms with E-state index in [1.165, 1.54) is 36.8 Å². The van der Waals surface area contributed by atoms with E-state index in [-0.39, 0.29) is 5.41 Å². The molecule has 0 aromatic heterocycles. The molecular weight excluding hydrogens is 230 g/mol. The third-order valence-corrected chi connectivity index (χ3v) is 4.39. The molecule has 0 amide bonds. The van der Waals surface area contributed by atoms with E-state index >= 15 is 0 Å². The van der Waals surface area contributed by atoms with E-state index in [1.54, 1.807) is 0 Å². The van der Waals surface area contributed by atoms with Gasteiger partial charge in [-0.2, -0.15) is 0 Å². The molecule has 1 aromatic rings. The van der Waals surface area contributed by atoms with Gasteiger partial charge < -0.3 is 5.32 Å². The van der Waals surface area contributed by atoms with Crippen LogP contribution in [0.3, 0.4) is 0 Å². The van der Waals surface area contributed by atoms with Gasteiger partial charge in [0.2, 0.25) is 0 Å². The van der Waals surface area contributed by atoms with Crippen LogP contribution in [-0.2, 0) is 5.41 Å². The minimum Gasteiger partial charge on any atom is -0.310 e. The minimum atomic E-state index is 0.226. The van der Waals surface area contributed by atoms with Crippen molar-refractivity contribution in [2.75, 3.05) is 6.54 Å². The molecule has 19 heavy (non-hydrogen) atoms. The summed E-state index contributed by atoms with van der Waals surface area (Å²) in [4.78, 5) is 0. The quantitative estimate of drug-likeness (QED) is 0.799. The molecule has 1 nitrogen and oxygen atoms in total. The monoisotopic (exact) mass is 259 g/mol. The third kappa shape index (κ3) is 3.60. The molecular formula is C18H29N. The van der Waals surface area contributed by atoms with Gasteiger partial charge in [0.1, 0.15) is 0 Å². The molecule has 0 heterocycles. The summed E-state index contributed by atoms with van der Waals surface area (Å²) in [5.41, 5.74) is 3.24. The Morgan fingerprint density at radius 3 is 2.42 bits per heavy atom. The van der Waals surface area contributed by atoms with Crippen LogP contribution >= 0.6 is 0 Å². The Labute approximate surface area is 118 Å². The molecule has 1 aliphatic carbocycles. The van der Waals surface area contributed by atoms with Gasteiger partial charge in [0, 0.05) is 6.04 Å². The van der Waals surface area contributed by atoms with Crippen molar-refractivity contribution >= 4 is 0 Å². The summed E-state index contributed by atoms with van der Waals surface area (Å²) >= 11 is 0. The Morgan fingerprint density at radius 1 is 1.21 bits per heavy atom. The number of hydrogen-bond donors (Lipinski definition) is 1. The van der Waals surface area contributed by atoms with Crippen molar-refractivity contribution < 1.29 is 0 Å². The lowest BCUT2D eigenvalue weighted by Crippen LogP contribution is -2.28. The van der Waals surface area contributed by atoms with Crippen molar-refractivity contribution in [3.05, 3.63) is 35.4 Å². The van der Waals surface area contributed by atoms with Gasteiger partial charge in [-0.05, 0) is 35.4 Å². The Hall–Kier alpha value is -0.820. The standard InChI is InChI=1S/C18H29N/c1-5-19-17(13-14-9-8-10-14)15-11-6-7-12-16(15)18(2,3)4/h6-7,11-12,14,17,19H,5,8-10,13H2,1-4H3. The van der Waals surface area contributed by atoms with Crippen molar-refractivity contribution in [3.63, 3.8) is 0 Å². The van der Waals surface area contributed by atoms with E-state index in [2.05, 4.69) is 57.3 Å². The summed E-state index contributed by atoms with van der Waals surface area (Å²) < 4.78 is 0. The molecule has 1 aliphatic rings. The van der Waals surface area contributed by atoms with Gasteiger partial charge in [0.25, 0.3) is 0 Å². The molecule has 1 N–H and O–H groups in total. The Balaban J connectivity index is 2.24. The van der Waals surface area contributed by atoms with E-state index in [4.69, 9.17) is 0 Å². The van der Waals surface area contributed by atoms with Gasteiger partial charge in [-0.3, -0.25) is 0 Å². The molecule has 1 atom stereocenters. The highest BCUT2D eigenvalue weighted by molar-refractivity contribution is 5.35. The van der Waals surface area contributed by atoms with Gasteiger partial charge >= 0.3 is 0 Å². The second kappa shape index (κ2) is 6.09. The average molecular weight is 259 g/mol. The van der Waals surface area contributed by atoms with E-state index in [9.17, 15) is 0 Å². The van der Waals surface area contributed by atoms with E-state index in [0.29, 0.717) is 6.04 Å². The second-order valence-electron chi connectivity index (χ2n) is 6.98. The highest BCUT2D eigenvalue weighted by atomic mass is 14.9. The lowest BCUT2D eigenvalue weighted by Gasteiger charge is -2.33. The van der Waals surface area contributed by atoms with Gasteiger partial charge in [-0.15, -0.1) is 0 Å². The molecule has 0 spiro atoms. The second-order valence-corrected chi connectivity index (χ2v) is 6.98. The van der Waals surface area contributed by atoms with Crippen molar-refractivity contribution in [3.8, 4) is 0 Å². The molecule has 0 aliphatic heterocycles. The van der Waals surface area contributed by atoms with Gasteiger partial charge in [0.05, 0.1) is 0 Å². The topological polar surface area (TPSA) is 12.0 Å². The fraction of sp³-hybridized carbons (Fsp3) is 0.667. The van der Waals surface area contributed by atoms with Crippen molar-refractivity contribution in [2.45, 2.75) is 64.8 Å². The first-order valence-electron chi connectivity index (χ1n) is 7.85. The van der Waals surface area contributed by atoms with Crippen LogP contribution in [0.25, 0.3) is 0 Å². The van der Waals surface area contributed by atoms with Crippen molar-refractivity contribution in [2.24, 2.45) is 5.92 Å². The smallest absolute Gasteiger partial charge is 0.0325 e. The number of rotatable bonds is 5. The molecule has 0 saturated heterocycles. The van der Waals surface area contributed by atoms with Crippen LogP contribution in [0.1, 0.15) is 70.5 Å². The van der Waals surface area contributed by atoms with E-state index in [1.807, 2.05) is 0 Å². The Kier molecular flexibility index (Phi) is 4.67. The summed E-state index contributed by atoms with van der Waals surface area (Å²) in [6, 6.07) is 9.53. The van der Waals surface area contributed by atoms with Gasteiger partial charge in [0.15, 0.2) is 0 Å². The molecule has 0 bridgehead atoms. The van der Waals surface area contributed by atoms with Crippen LogP contribution in [0.5, 0.6) is 0 Å². The maximum atomic E-state index is 3.71. The average Bonchev–Trinajstić information content (AvgIpc) is 2.31. The van der Waals surface area contributed by atoms with Crippen LogP contribution in [0, 0.1) is 5.92 Å². The van der Waals surface area contributed by atoms with Crippen molar-refractivity contribution in [1.82, 2.24) is 5.32 Å². The predicted molar refractivity (Wildman–Crippen MR) is 83.5 cm³/mol. The van der Waals surface area contributed by atoms with Gasteiger partial charge in [-0.25, -0.2) is 0 Å². The molecule has 1 saturated carbocycles. The summed E-state index contributed by atoms with van der Waals surface area (Å²) in [5, 5.41) is 3.71. The minimum absolute atomic E-state index is 0.226. The maximum absolute atomic E-state index is 3.71. The zero-order valence-corrected chi connectivity index (χ0v) is 13.0. The van der Waals surface area contributed by atoms with Crippen LogP contribution in [0.4, 0.5) is 0 Å². The molecule has 0 radical (unpaired) electrons. The zero-order chi connectivity index (χ0) is 13.9. The number of hydrogen-bond acceptors (Lipinski definition) is 1. The van der Waals surface area contributed by atoms with E-state index in [0.717, 1.165) is 12.5 Å². The fourth-order valence-corrected chi connectivity index (χ4v) is 3.11. The van der Waals surface area contributed by atoms with Crippen LogP contribution in [0.15, 0.2) is 24.3 Å². The van der Waals surface area contributed by atoms with Crippen LogP contribution < -0.4 is 5.32 Å². The van der Waals surface area contributed by atoms with Crippen molar-refractivity contribution in [1.29, 1.82) is 0 Å². The summed E-state index contributed by atoms with van der Waals surface area (Å²) in [5.74, 6) is 0.942. The molecule has 106 valence electrons. The lowest BCUT2D eigenvalue weighted by atomic mass is 9.76. The van der Waals surface area contributed by atoms with Crippen LogP contribution in [0.2, 0.25) is 0 Å². The van der Waals surface area contributed by atoms with Crippen LogP contribution in [-0.4, -0.2) is 6.54 Å². The Bertz CT molecular complexity index is 398. The third-order valence-electron chi connectivity index (χ3n) is 4.39. The highest BCUT2D eigenvalue weighted by Gasteiger charge is 2.26. The SMILES string of the molecule is CCNC(CC1CCC1)c1ccccc1C(C)(C)C. The normalized spacial score (nSPS) is 18.1. The molecule has 1 unspecified atom stereocenters. The Morgan fingerprint density at radius 2 is 1.89 bits per heavy atom. The summed E-state index contributed by atoms with van der Waals surface area (Å²) in [6.07, 6.45) is 5.60. The van der Waals surface area contributed by atoms with Gasteiger partial charge in [-0.1, -0.05) is 71.2 Å². The largest absolute Gasteiger partial charge is 0.310 e. The highest BCUT2D eigenvalue weighted by Crippen LogP contribution is 2.37. The maximum Gasteiger partial charge on any atom is 0.0325 e. The lowest BCUT2D eigenvalue weighted by molar-refractivity contribution is 0.261.